The second-order valence-corrected chi connectivity index (χ2v) is 3.71. The Morgan fingerprint density at radius 3 is 2.72 bits per heavy atom. The van der Waals surface area contributed by atoms with Crippen molar-refractivity contribution >= 4 is 17.4 Å². The van der Waals surface area contributed by atoms with Crippen LogP contribution in [0.3, 0.4) is 0 Å². The molecule has 0 radical (unpaired) electrons. The van der Waals surface area contributed by atoms with Crippen LogP contribution in [0.2, 0.25) is 0 Å². The Hall–Kier alpha value is -2.10. The molecule has 0 atom stereocenters. The molecule has 4 nitrogen and oxygen atoms in total. The first-order valence-corrected chi connectivity index (χ1v) is 5.73. The van der Waals surface area contributed by atoms with Crippen LogP contribution in [0.4, 0.5) is 5.69 Å². The highest BCUT2D eigenvalue weighted by molar-refractivity contribution is 6.02. The van der Waals surface area contributed by atoms with Crippen molar-refractivity contribution in [2.24, 2.45) is 0 Å². The van der Waals surface area contributed by atoms with E-state index < -0.39 is 0 Å². The van der Waals surface area contributed by atoms with Crippen molar-refractivity contribution in [1.82, 2.24) is 0 Å². The lowest BCUT2D eigenvalue weighted by Gasteiger charge is -2.09. The Morgan fingerprint density at radius 2 is 2.06 bits per heavy atom. The normalized spacial score (nSPS) is 9.61. The van der Waals surface area contributed by atoms with Crippen molar-refractivity contribution in [2.75, 3.05) is 19.0 Å². The third kappa shape index (κ3) is 4.05. The van der Waals surface area contributed by atoms with E-state index in [2.05, 4.69) is 16.6 Å². The maximum Gasteiger partial charge on any atom is 0.305 e. The van der Waals surface area contributed by atoms with Gasteiger partial charge in [0.05, 0.1) is 13.5 Å². The van der Waals surface area contributed by atoms with Crippen LogP contribution in [-0.2, 0) is 9.53 Å². The first kappa shape index (κ1) is 14.0. The van der Waals surface area contributed by atoms with Gasteiger partial charge in [0.2, 0.25) is 0 Å². The van der Waals surface area contributed by atoms with Crippen LogP contribution < -0.4 is 5.32 Å². The van der Waals surface area contributed by atoms with Gasteiger partial charge in [-0.05, 0) is 12.1 Å². The minimum absolute atomic E-state index is 0.0763. The van der Waals surface area contributed by atoms with Crippen LogP contribution in [0.1, 0.15) is 23.2 Å². The number of carbonyl (C=O) groups is 2. The van der Waals surface area contributed by atoms with Gasteiger partial charge in [0.25, 0.3) is 0 Å². The fourth-order valence-electron chi connectivity index (χ4n) is 1.51. The van der Waals surface area contributed by atoms with Crippen molar-refractivity contribution in [3.05, 3.63) is 42.5 Å². The lowest BCUT2D eigenvalue weighted by molar-refractivity contribution is -0.140. The lowest BCUT2D eigenvalue weighted by atomic mass is 10.0. The van der Waals surface area contributed by atoms with Crippen LogP contribution in [-0.4, -0.2) is 25.4 Å². The number of para-hydroxylation sites is 1. The summed E-state index contributed by atoms with van der Waals surface area (Å²) in [5, 5.41) is 3.09. The van der Waals surface area contributed by atoms with Crippen LogP contribution in [0, 0.1) is 0 Å². The van der Waals surface area contributed by atoms with E-state index in [-0.39, 0.29) is 24.6 Å². The highest BCUT2D eigenvalue weighted by atomic mass is 16.5. The van der Waals surface area contributed by atoms with Gasteiger partial charge in [0.1, 0.15) is 0 Å². The van der Waals surface area contributed by atoms with Gasteiger partial charge in [-0.25, -0.2) is 0 Å². The third-order valence-electron chi connectivity index (χ3n) is 2.45. The molecule has 0 unspecified atom stereocenters. The number of benzene rings is 1. The zero-order valence-corrected chi connectivity index (χ0v) is 10.4. The first-order valence-electron chi connectivity index (χ1n) is 5.73. The zero-order chi connectivity index (χ0) is 13.4. The van der Waals surface area contributed by atoms with Crippen LogP contribution >= 0.6 is 0 Å². The smallest absolute Gasteiger partial charge is 0.305 e. The number of nitrogens with one attached hydrogen (secondary N) is 1. The molecule has 1 N–H and O–H groups in total. The molecule has 0 fully saturated rings. The van der Waals surface area contributed by atoms with Gasteiger partial charge in [-0.2, -0.15) is 0 Å². The van der Waals surface area contributed by atoms with Crippen molar-refractivity contribution in [3.63, 3.8) is 0 Å². The molecule has 0 aliphatic carbocycles. The van der Waals surface area contributed by atoms with Gasteiger partial charge >= 0.3 is 5.97 Å². The number of methoxy groups -OCH3 is 1. The predicted molar refractivity (Wildman–Crippen MR) is 70.7 cm³/mol. The fraction of sp³-hybridized carbons (Fsp3) is 0.286. The SMILES string of the molecule is C=CCNc1ccccc1C(=O)CCC(=O)OC. The summed E-state index contributed by atoms with van der Waals surface area (Å²) in [6, 6.07) is 7.22. The maximum atomic E-state index is 12.0. The van der Waals surface area contributed by atoms with E-state index in [1.807, 2.05) is 12.1 Å². The molecule has 1 aromatic carbocycles. The molecule has 0 aromatic heterocycles. The minimum Gasteiger partial charge on any atom is -0.469 e. The van der Waals surface area contributed by atoms with Crippen molar-refractivity contribution in [2.45, 2.75) is 12.8 Å². The molecule has 0 amide bonds. The Kier molecular flexibility index (Phi) is 5.64. The third-order valence-corrected chi connectivity index (χ3v) is 2.45. The molecule has 1 aromatic rings. The summed E-state index contributed by atoms with van der Waals surface area (Å²) >= 11 is 0. The largest absolute Gasteiger partial charge is 0.469 e. The zero-order valence-electron chi connectivity index (χ0n) is 10.4. The van der Waals surface area contributed by atoms with Crippen LogP contribution in [0.5, 0.6) is 0 Å². The summed E-state index contributed by atoms with van der Waals surface area (Å²) in [5.41, 5.74) is 1.34. The number of Topliss-reactive ketones (excluding diaryl/α,β-unsaturated/α-hetero) is 1. The molecule has 4 heteroatoms. The summed E-state index contributed by atoms with van der Waals surface area (Å²) in [5.74, 6) is -0.451. The quantitative estimate of drug-likeness (QED) is 0.457. The second-order valence-electron chi connectivity index (χ2n) is 3.71. The van der Waals surface area contributed by atoms with E-state index >= 15 is 0 Å². The van der Waals surface area contributed by atoms with Crippen LogP contribution in [0.25, 0.3) is 0 Å². The summed E-state index contributed by atoms with van der Waals surface area (Å²) in [7, 11) is 1.31. The number of esters is 1. The first-order chi connectivity index (χ1) is 8.69. The topological polar surface area (TPSA) is 55.4 Å². The van der Waals surface area contributed by atoms with E-state index in [9.17, 15) is 9.59 Å². The molecule has 0 saturated heterocycles. The van der Waals surface area contributed by atoms with Gasteiger partial charge in [-0.15, -0.1) is 6.58 Å². The average Bonchev–Trinajstić information content (AvgIpc) is 2.42. The lowest BCUT2D eigenvalue weighted by Crippen LogP contribution is -2.09. The Morgan fingerprint density at radius 1 is 1.33 bits per heavy atom. The summed E-state index contributed by atoms with van der Waals surface area (Å²) in [6.07, 6.45) is 1.97. The van der Waals surface area contributed by atoms with E-state index in [1.54, 1.807) is 18.2 Å². The summed E-state index contributed by atoms with van der Waals surface area (Å²) in [4.78, 5) is 23.0. The highest BCUT2D eigenvalue weighted by Crippen LogP contribution is 2.17. The molecule has 0 heterocycles. The molecular formula is C14H17NO3. The van der Waals surface area contributed by atoms with Gasteiger partial charge < -0.3 is 10.1 Å². The van der Waals surface area contributed by atoms with Crippen molar-refractivity contribution < 1.29 is 14.3 Å². The second kappa shape index (κ2) is 7.27. The molecule has 0 saturated carbocycles. The minimum atomic E-state index is -0.375. The van der Waals surface area contributed by atoms with Crippen molar-refractivity contribution in [1.29, 1.82) is 0 Å². The maximum absolute atomic E-state index is 12.0. The number of ether oxygens (including phenoxy) is 1. The average molecular weight is 247 g/mol. The number of carbonyl (C=O) groups excluding carboxylic acids is 2. The number of anilines is 1. The van der Waals surface area contributed by atoms with Gasteiger partial charge in [-0.1, -0.05) is 18.2 Å². The van der Waals surface area contributed by atoms with E-state index in [0.29, 0.717) is 12.1 Å². The molecule has 0 spiro atoms. The van der Waals surface area contributed by atoms with E-state index in [0.717, 1.165) is 5.69 Å². The fourth-order valence-corrected chi connectivity index (χ4v) is 1.51. The Balaban J connectivity index is 2.71. The molecule has 0 aliphatic rings. The molecule has 0 bridgehead atoms. The number of hydrogen-bond acceptors (Lipinski definition) is 4. The molecule has 0 aliphatic heterocycles. The Labute approximate surface area is 107 Å². The molecule has 1 rings (SSSR count). The van der Waals surface area contributed by atoms with E-state index in [1.165, 1.54) is 7.11 Å². The number of hydrogen-bond donors (Lipinski definition) is 1. The summed E-state index contributed by atoms with van der Waals surface area (Å²) < 4.78 is 4.51. The van der Waals surface area contributed by atoms with Crippen molar-refractivity contribution in [3.8, 4) is 0 Å². The van der Waals surface area contributed by atoms with Gasteiger partial charge in [0, 0.05) is 24.2 Å². The van der Waals surface area contributed by atoms with Gasteiger partial charge in [0.15, 0.2) is 5.78 Å². The predicted octanol–water partition coefficient (Wildman–Crippen LogP) is 2.42. The number of ketones is 1. The molecular weight excluding hydrogens is 230 g/mol. The molecule has 96 valence electrons. The standard InChI is InChI=1S/C14H17NO3/c1-3-10-15-12-7-5-4-6-11(12)13(16)8-9-14(17)18-2/h3-7,15H,1,8-10H2,2H3. The monoisotopic (exact) mass is 247 g/mol. The number of rotatable bonds is 7. The van der Waals surface area contributed by atoms with Gasteiger partial charge in [-0.3, -0.25) is 9.59 Å². The highest BCUT2D eigenvalue weighted by Gasteiger charge is 2.12. The van der Waals surface area contributed by atoms with E-state index in [4.69, 9.17) is 0 Å². The Bertz CT molecular complexity index is 440. The molecule has 18 heavy (non-hydrogen) atoms. The summed E-state index contributed by atoms with van der Waals surface area (Å²) in [6.45, 7) is 4.20. The van der Waals surface area contributed by atoms with Crippen LogP contribution in [0.15, 0.2) is 36.9 Å².